The van der Waals surface area contributed by atoms with Gasteiger partial charge in [-0.15, -0.1) is 10.2 Å². The van der Waals surface area contributed by atoms with Gasteiger partial charge in [0.15, 0.2) is 5.84 Å². The lowest BCUT2D eigenvalue weighted by atomic mass is 10.3. The van der Waals surface area contributed by atoms with Crippen LogP contribution in [0.2, 0.25) is 0 Å². The van der Waals surface area contributed by atoms with Crippen molar-refractivity contribution < 1.29 is 0 Å². The summed E-state index contributed by atoms with van der Waals surface area (Å²) in [4.78, 5) is 0. The van der Waals surface area contributed by atoms with Crippen molar-refractivity contribution in [2.75, 3.05) is 5.43 Å². The Kier molecular flexibility index (Phi) is 4.81. The number of azo groups is 1. The highest BCUT2D eigenvalue weighted by Crippen LogP contribution is 2.11. The third kappa shape index (κ3) is 4.35. The molecule has 2 aromatic rings. The Labute approximate surface area is 112 Å². The predicted molar refractivity (Wildman–Crippen MR) is 78.7 cm³/mol. The highest BCUT2D eigenvalue weighted by molar-refractivity contribution is 5.83. The van der Waals surface area contributed by atoms with E-state index in [2.05, 4.69) is 20.8 Å². The minimum absolute atomic E-state index is 0.660. The summed E-state index contributed by atoms with van der Waals surface area (Å²) in [5, 5.41) is 12.5. The van der Waals surface area contributed by atoms with Crippen LogP contribution < -0.4 is 5.43 Å². The minimum atomic E-state index is 0.660. The van der Waals surface area contributed by atoms with E-state index in [0.29, 0.717) is 5.84 Å². The third-order valence-electron chi connectivity index (χ3n) is 2.44. The van der Waals surface area contributed by atoms with E-state index >= 15 is 0 Å². The van der Waals surface area contributed by atoms with E-state index in [0.717, 1.165) is 17.8 Å². The van der Waals surface area contributed by atoms with E-state index in [1.54, 1.807) is 0 Å². The number of amidine groups is 1. The monoisotopic (exact) mass is 252 g/mol. The molecule has 4 nitrogen and oxygen atoms in total. The molecule has 0 saturated heterocycles. The van der Waals surface area contributed by atoms with Crippen molar-refractivity contribution in [2.45, 2.75) is 13.3 Å². The fourth-order valence-corrected chi connectivity index (χ4v) is 1.42. The molecular weight excluding hydrogens is 236 g/mol. The lowest BCUT2D eigenvalue weighted by molar-refractivity contribution is 1.14. The Bertz CT molecular complexity index is 547. The van der Waals surface area contributed by atoms with Gasteiger partial charge in [-0.3, -0.25) is 5.43 Å². The fraction of sp³-hybridized carbons (Fsp3) is 0.133. The zero-order chi connectivity index (χ0) is 13.3. The topological polar surface area (TPSA) is 49.1 Å². The second-order valence-electron chi connectivity index (χ2n) is 3.89. The molecule has 0 aliphatic heterocycles. The van der Waals surface area contributed by atoms with Crippen molar-refractivity contribution in [1.29, 1.82) is 0 Å². The molecule has 2 aromatic carbocycles. The number of hydrazone groups is 1. The van der Waals surface area contributed by atoms with Crippen LogP contribution in [0.3, 0.4) is 0 Å². The Balaban J connectivity index is 2.02. The molecule has 0 amide bonds. The van der Waals surface area contributed by atoms with Crippen molar-refractivity contribution in [1.82, 2.24) is 0 Å². The summed E-state index contributed by atoms with van der Waals surface area (Å²) in [7, 11) is 0. The van der Waals surface area contributed by atoms with Crippen molar-refractivity contribution in [2.24, 2.45) is 15.3 Å². The van der Waals surface area contributed by atoms with Gasteiger partial charge in [0.25, 0.3) is 0 Å². The highest BCUT2D eigenvalue weighted by Gasteiger charge is 1.94. The first-order valence-electron chi connectivity index (χ1n) is 6.23. The predicted octanol–water partition coefficient (Wildman–Crippen LogP) is 4.61. The van der Waals surface area contributed by atoms with E-state index in [9.17, 15) is 0 Å². The summed E-state index contributed by atoms with van der Waals surface area (Å²) in [6.07, 6.45) is 0.718. The molecule has 19 heavy (non-hydrogen) atoms. The molecule has 0 fully saturated rings. The number of anilines is 1. The molecule has 0 bridgehead atoms. The minimum Gasteiger partial charge on any atom is -0.277 e. The van der Waals surface area contributed by atoms with Crippen LogP contribution >= 0.6 is 0 Å². The number of nitrogens with one attached hydrogen (secondary N) is 1. The van der Waals surface area contributed by atoms with Crippen molar-refractivity contribution >= 4 is 17.2 Å². The van der Waals surface area contributed by atoms with Crippen LogP contribution in [0.15, 0.2) is 76.0 Å². The van der Waals surface area contributed by atoms with Gasteiger partial charge in [0.1, 0.15) is 0 Å². The Morgan fingerprint density at radius 3 is 2.21 bits per heavy atom. The molecule has 4 heteroatoms. The Hall–Kier alpha value is -2.49. The van der Waals surface area contributed by atoms with Gasteiger partial charge in [-0.25, -0.2) is 0 Å². The molecule has 1 N–H and O–H groups in total. The zero-order valence-electron chi connectivity index (χ0n) is 10.8. The molecule has 0 aliphatic carbocycles. The summed E-state index contributed by atoms with van der Waals surface area (Å²) < 4.78 is 0. The first-order valence-corrected chi connectivity index (χ1v) is 6.23. The first-order chi connectivity index (χ1) is 9.38. The fourth-order valence-electron chi connectivity index (χ4n) is 1.42. The molecule has 0 saturated carbocycles. The normalized spacial score (nSPS) is 11.7. The number of rotatable bonds is 4. The second-order valence-corrected chi connectivity index (χ2v) is 3.89. The van der Waals surface area contributed by atoms with Crippen molar-refractivity contribution in [3.05, 3.63) is 60.7 Å². The smallest absolute Gasteiger partial charge is 0.170 e. The molecule has 0 spiro atoms. The molecule has 0 unspecified atom stereocenters. The molecule has 96 valence electrons. The quantitative estimate of drug-likeness (QED) is 0.367. The van der Waals surface area contributed by atoms with Crippen LogP contribution in [-0.2, 0) is 0 Å². The van der Waals surface area contributed by atoms with Gasteiger partial charge in [0, 0.05) is 6.42 Å². The third-order valence-corrected chi connectivity index (χ3v) is 2.44. The van der Waals surface area contributed by atoms with Gasteiger partial charge in [-0.1, -0.05) is 43.3 Å². The average molecular weight is 252 g/mol. The molecule has 0 aliphatic rings. The van der Waals surface area contributed by atoms with Gasteiger partial charge in [-0.2, -0.15) is 5.10 Å². The van der Waals surface area contributed by atoms with Crippen LogP contribution in [0.4, 0.5) is 11.4 Å². The van der Waals surface area contributed by atoms with Crippen LogP contribution in [0.25, 0.3) is 0 Å². The largest absolute Gasteiger partial charge is 0.277 e. The van der Waals surface area contributed by atoms with E-state index in [-0.39, 0.29) is 0 Å². The summed E-state index contributed by atoms with van der Waals surface area (Å²) in [6, 6.07) is 19.4. The van der Waals surface area contributed by atoms with Crippen LogP contribution in [0.5, 0.6) is 0 Å². The number of hydrogen-bond acceptors (Lipinski definition) is 3. The molecule has 0 heterocycles. The maximum Gasteiger partial charge on any atom is 0.170 e. The highest BCUT2D eigenvalue weighted by atomic mass is 15.3. The summed E-state index contributed by atoms with van der Waals surface area (Å²) in [5.41, 5.74) is 4.72. The molecule has 0 aromatic heterocycles. The van der Waals surface area contributed by atoms with E-state index in [1.165, 1.54) is 0 Å². The van der Waals surface area contributed by atoms with Crippen LogP contribution in [0.1, 0.15) is 13.3 Å². The van der Waals surface area contributed by atoms with E-state index < -0.39 is 0 Å². The molecular formula is C15H16N4. The Morgan fingerprint density at radius 1 is 0.947 bits per heavy atom. The molecule has 0 atom stereocenters. The van der Waals surface area contributed by atoms with E-state index in [4.69, 9.17) is 0 Å². The maximum absolute atomic E-state index is 4.23. The first kappa shape index (κ1) is 13.0. The van der Waals surface area contributed by atoms with Gasteiger partial charge < -0.3 is 0 Å². The number of hydrogen-bond donors (Lipinski definition) is 1. The standard InChI is InChI=1S/C15H16N4/c1-2-15(18-16-13-9-5-3-6-10-13)19-17-14-11-7-4-8-12-14/h3-12,16H,2H2,1H3. The van der Waals surface area contributed by atoms with Gasteiger partial charge >= 0.3 is 0 Å². The Morgan fingerprint density at radius 2 is 1.58 bits per heavy atom. The zero-order valence-corrected chi connectivity index (χ0v) is 10.8. The second kappa shape index (κ2) is 7.06. The molecule has 0 radical (unpaired) electrons. The maximum atomic E-state index is 4.23. The van der Waals surface area contributed by atoms with Crippen LogP contribution in [-0.4, -0.2) is 5.84 Å². The van der Waals surface area contributed by atoms with Gasteiger partial charge in [0.05, 0.1) is 11.4 Å². The number of para-hydroxylation sites is 1. The van der Waals surface area contributed by atoms with Gasteiger partial charge in [-0.05, 0) is 24.3 Å². The SMILES string of the molecule is CCC(N=Nc1ccccc1)=NNc1ccccc1. The van der Waals surface area contributed by atoms with Crippen LogP contribution in [0, 0.1) is 0 Å². The summed E-state index contributed by atoms with van der Waals surface area (Å²) in [6.45, 7) is 2.00. The van der Waals surface area contributed by atoms with E-state index in [1.807, 2.05) is 67.6 Å². The average Bonchev–Trinajstić information content (AvgIpc) is 2.49. The van der Waals surface area contributed by atoms with Gasteiger partial charge in [0.2, 0.25) is 0 Å². The van der Waals surface area contributed by atoms with Crippen molar-refractivity contribution in [3.63, 3.8) is 0 Å². The lowest BCUT2D eigenvalue weighted by Crippen LogP contribution is -1.96. The van der Waals surface area contributed by atoms with Crippen molar-refractivity contribution in [3.8, 4) is 0 Å². The summed E-state index contributed by atoms with van der Waals surface area (Å²) >= 11 is 0. The number of benzene rings is 2. The summed E-state index contributed by atoms with van der Waals surface area (Å²) in [5.74, 6) is 0.660. The number of nitrogens with zero attached hydrogens (tertiary/aromatic N) is 3. The molecule has 2 rings (SSSR count). The lowest BCUT2D eigenvalue weighted by Gasteiger charge is -2.00.